The number of furan rings is 1. The molecule has 0 aliphatic heterocycles. The molecule has 0 fully saturated rings. The van der Waals surface area contributed by atoms with Gasteiger partial charge in [-0.2, -0.15) is 0 Å². The van der Waals surface area contributed by atoms with Gasteiger partial charge in [0.15, 0.2) is 5.78 Å². The van der Waals surface area contributed by atoms with Crippen LogP contribution >= 0.6 is 23.4 Å². The summed E-state index contributed by atoms with van der Waals surface area (Å²) >= 11 is 7.04. The van der Waals surface area contributed by atoms with Gasteiger partial charge in [-0.3, -0.25) is 9.59 Å². The summed E-state index contributed by atoms with van der Waals surface area (Å²) in [5.74, 6) is -0.519. The Bertz CT molecular complexity index is 624. The van der Waals surface area contributed by atoms with E-state index in [2.05, 4.69) is 0 Å². The first-order chi connectivity index (χ1) is 10.1. The molecule has 0 radical (unpaired) electrons. The Morgan fingerprint density at radius 2 is 2.10 bits per heavy atom. The van der Waals surface area contributed by atoms with Crippen LogP contribution < -0.4 is 0 Å². The molecule has 1 unspecified atom stereocenters. The van der Waals surface area contributed by atoms with Crippen LogP contribution in [-0.4, -0.2) is 22.6 Å². The maximum atomic E-state index is 12.3. The number of aliphatic carboxylic acids is 1. The quantitative estimate of drug-likeness (QED) is 0.778. The van der Waals surface area contributed by atoms with Crippen molar-refractivity contribution >= 4 is 35.1 Å². The third kappa shape index (κ3) is 4.65. The number of carboxylic acid groups (broad SMARTS) is 1. The number of halogens is 1. The largest absolute Gasteiger partial charge is 0.481 e. The Kier molecular flexibility index (Phi) is 5.47. The molecule has 1 aromatic heterocycles. The zero-order valence-electron chi connectivity index (χ0n) is 11.0. The standard InChI is InChI=1S/C15H13ClO4S/c16-11-4-1-3-10(7-11)12(17)8-14(21-9-15(18)19)13-5-2-6-20-13/h1-7,14H,8-9H2,(H,18,19). The van der Waals surface area contributed by atoms with E-state index in [1.54, 1.807) is 36.4 Å². The number of hydrogen-bond donors (Lipinski definition) is 1. The number of thioether (sulfide) groups is 1. The molecular formula is C15H13ClO4S. The Hall–Kier alpha value is -1.72. The molecule has 110 valence electrons. The fraction of sp³-hybridized carbons (Fsp3) is 0.200. The fourth-order valence-electron chi connectivity index (χ4n) is 1.84. The molecule has 0 aliphatic carbocycles. The van der Waals surface area contributed by atoms with Crippen LogP contribution in [-0.2, 0) is 4.79 Å². The maximum absolute atomic E-state index is 12.3. The van der Waals surface area contributed by atoms with Crippen LogP contribution in [0.1, 0.15) is 27.8 Å². The summed E-state index contributed by atoms with van der Waals surface area (Å²) in [5, 5.41) is 8.96. The molecule has 2 aromatic rings. The first-order valence-corrected chi connectivity index (χ1v) is 7.64. The molecule has 4 nitrogen and oxygen atoms in total. The predicted molar refractivity (Wildman–Crippen MR) is 81.9 cm³/mol. The van der Waals surface area contributed by atoms with Gasteiger partial charge in [0.25, 0.3) is 0 Å². The summed E-state index contributed by atoms with van der Waals surface area (Å²) in [7, 11) is 0. The van der Waals surface area contributed by atoms with Crippen molar-refractivity contribution in [3.05, 3.63) is 59.0 Å². The zero-order valence-corrected chi connectivity index (χ0v) is 12.6. The highest BCUT2D eigenvalue weighted by Crippen LogP contribution is 2.33. The van der Waals surface area contributed by atoms with Crippen LogP contribution in [0.15, 0.2) is 47.1 Å². The molecule has 21 heavy (non-hydrogen) atoms. The van der Waals surface area contributed by atoms with Crippen LogP contribution in [0, 0.1) is 0 Å². The lowest BCUT2D eigenvalue weighted by molar-refractivity contribution is -0.133. The third-order valence-corrected chi connectivity index (χ3v) is 4.24. The van der Waals surface area contributed by atoms with Gasteiger partial charge in [-0.25, -0.2) is 0 Å². The molecule has 0 aliphatic rings. The molecule has 1 atom stereocenters. The molecular weight excluding hydrogens is 312 g/mol. The van der Waals surface area contributed by atoms with Gasteiger partial charge in [-0.15, -0.1) is 11.8 Å². The van der Waals surface area contributed by atoms with E-state index in [1.807, 2.05) is 0 Å². The maximum Gasteiger partial charge on any atom is 0.313 e. The van der Waals surface area contributed by atoms with E-state index in [4.69, 9.17) is 21.1 Å². The molecule has 0 bridgehead atoms. The van der Waals surface area contributed by atoms with Crippen LogP contribution in [0.5, 0.6) is 0 Å². The summed E-state index contributed by atoms with van der Waals surface area (Å²) in [4.78, 5) is 23.0. The van der Waals surface area contributed by atoms with Crippen molar-refractivity contribution in [1.29, 1.82) is 0 Å². The Balaban J connectivity index is 2.11. The average Bonchev–Trinajstić information content (AvgIpc) is 2.97. The fourth-order valence-corrected chi connectivity index (χ4v) is 2.94. The van der Waals surface area contributed by atoms with Crippen LogP contribution in [0.2, 0.25) is 5.02 Å². The second-order valence-electron chi connectivity index (χ2n) is 4.35. The van der Waals surface area contributed by atoms with E-state index in [0.29, 0.717) is 16.3 Å². The Labute approximate surface area is 131 Å². The lowest BCUT2D eigenvalue weighted by Gasteiger charge is -2.12. The Morgan fingerprint density at radius 1 is 1.29 bits per heavy atom. The van der Waals surface area contributed by atoms with E-state index in [9.17, 15) is 9.59 Å². The van der Waals surface area contributed by atoms with Crippen molar-refractivity contribution in [2.75, 3.05) is 5.75 Å². The average molecular weight is 325 g/mol. The summed E-state index contributed by atoms with van der Waals surface area (Å²) in [6.45, 7) is 0. The van der Waals surface area contributed by atoms with Crippen molar-refractivity contribution in [2.45, 2.75) is 11.7 Å². The van der Waals surface area contributed by atoms with Gasteiger partial charge < -0.3 is 9.52 Å². The lowest BCUT2D eigenvalue weighted by Crippen LogP contribution is -2.08. The second kappa shape index (κ2) is 7.33. The van der Waals surface area contributed by atoms with Crippen molar-refractivity contribution in [1.82, 2.24) is 0 Å². The summed E-state index contributed by atoms with van der Waals surface area (Å²) in [6.07, 6.45) is 1.67. The smallest absolute Gasteiger partial charge is 0.313 e. The topological polar surface area (TPSA) is 67.5 Å². The summed E-state index contributed by atoms with van der Waals surface area (Å²) in [5.41, 5.74) is 0.509. The molecule has 1 aromatic carbocycles. The number of carbonyl (C=O) groups excluding carboxylic acids is 1. The third-order valence-electron chi connectivity index (χ3n) is 2.79. The molecule has 1 N–H and O–H groups in total. The molecule has 0 amide bonds. The van der Waals surface area contributed by atoms with Gasteiger partial charge in [0.1, 0.15) is 5.76 Å². The van der Waals surface area contributed by atoms with Gasteiger partial charge in [0.2, 0.25) is 0 Å². The van der Waals surface area contributed by atoms with E-state index in [0.717, 1.165) is 0 Å². The molecule has 2 rings (SSSR count). The minimum Gasteiger partial charge on any atom is -0.481 e. The van der Waals surface area contributed by atoms with Crippen molar-refractivity contribution in [3.63, 3.8) is 0 Å². The first kappa shape index (κ1) is 15.7. The zero-order chi connectivity index (χ0) is 15.2. The monoisotopic (exact) mass is 324 g/mol. The van der Waals surface area contributed by atoms with Gasteiger partial charge in [-0.1, -0.05) is 23.7 Å². The number of Topliss-reactive ketones (excluding diaryl/α,β-unsaturated/α-hetero) is 1. The van der Waals surface area contributed by atoms with Gasteiger partial charge >= 0.3 is 5.97 Å². The number of hydrogen-bond acceptors (Lipinski definition) is 4. The number of rotatable bonds is 7. The molecule has 1 heterocycles. The Morgan fingerprint density at radius 3 is 2.71 bits per heavy atom. The number of ketones is 1. The number of carboxylic acids is 1. The van der Waals surface area contributed by atoms with Crippen LogP contribution in [0.25, 0.3) is 0 Å². The van der Waals surface area contributed by atoms with Gasteiger partial charge in [-0.05, 0) is 24.3 Å². The predicted octanol–water partition coefficient (Wildman–Crippen LogP) is 4.06. The van der Waals surface area contributed by atoms with Gasteiger partial charge in [0, 0.05) is 17.0 Å². The SMILES string of the molecule is O=C(O)CSC(CC(=O)c1cccc(Cl)c1)c1ccco1. The minimum atomic E-state index is -0.924. The molecule has 0 saturated carbocycles. The summed E-state index contributed by atoms with van der Waals surface area (Å²) in [6, 6.07) is 10.2. The summed E-state index contributed by atoms with van der Waals surface area (Å²) < 4.78 is 5.30. The van der Waals surface area contributed by atoms with Crippen molar-refractivity contribution < 1.29 is 19.1 Å². The highest BCUT2D eigenvalue weighted by atomic mass is 35.5. The number of carbonyl (C=O) groups is 2. The molecule has 6 heteroatoms. The lowest BCUT2D eigenvalue weighted by atomic mass is 10.1. The van der Waals surface area contributed by atoms with E-state index < -0.39 is 5.97 Å². The van der Waals surface area contributed by atoms with Crippen LogP contribution in [0.4, 0.5) is 0 Å². The van der Waals surface area contributed by atoms with E-state index in [-0.39, 0.29) is 23.2 Å². The molecule has 0 saturated heterocycles. The molecule has 0 spiro atoms. The highest BCUT2D eigenvalue weighted by Gasteiger charge is 2.21. The number of benzene rings is 1. The van der Waals surface area contributed by atoms with E-state index >= 15 is 0 Å². The highest BCUT2D eigenvalue weighted by molar-refractivity contribution is 8.00. The van der Waals surface area contributed by atoms with Crippen LogP contribution in [0.3, 0.4) is 0 Å². The van der Waals surface area contributed by atoms with E-state index in [1.165, 1.54) is 18.0 Å². The normalized spacial score (nSPS) is 12.0. The minimum absolute atomic E-state index is 0.0891. The van der Waals surface area contributed by atoms with Crippen molar-refractivity contribution in [2.24, 2.45) is 0 Å². The first-order valence-electron chi connectivity index (χ1n) is 6.22. The second-order valence-corrected chi connectivity index (χ2v) is 5.97. The van der Waals surface area contributed by atoms with Gasteiger partial charge in [0.05, 0.1) is 17.3 Å². The van der Waals surface area contributed by atoms with Crippen molar-refractivity contribution in [3.8, 4) is 0 Å².